The summed E-state index contributed by atoms with van der Waals surface area (Å²) in [5.41, 5.74) is 1.04. The van der Waals surface area contributed by atoms with Gasteiger partial charge in [-0.3, -0.25) is 4.90 Å². The molecule has 0 saturated carbocycles. The van der Waals surface area contributed by atoms with Gasteiger partial charge < -0.3 is 9.84 Å². The van der Waals surface area contributed by atoms with Crippen LogP contribution >= 0.6 is 23.2 Å². The summed E-state index contributed by atoms with van der Waals surface area (Å²) in [4.78, 5) is 26.1. The first-order valence-corrected chi connectivity index (χ1v) is 9.51. The van der Waals surface area contributed by atoms with E-state index in [9.17, 15) is 14.8 Å². The van der Waals surface area contributed by atoms with E-state index in [1.165, 1.54) is 24.1 Å². The summed E-state index contributed by atoms with van der Waals surface area (Å²) in [5, 5.41) is 14.3. The molecule has 3 rings (SSSR count). The molecular weight excluding hydrogens is 429 g/mol. The van der Waals surface area contributed by atoms with Crippen LogP contribution in [0.25, 0.3) is 0 Å². The van der Waals surface area contributed by atoms with E-state index < -0.39 is 6.03 Å². The van der Waals surface area contributed by atoms with Crippen molar-refractivity contribution < 1.29 is 14.6 Å². The molecule has 3 aromatic rings. The summed E-state index contributed by atoms with van der Waals surface area (Å²) >= 11 is 12.1. The molecule has 0 radical (unpaired) electrons. The zero-order valence-corrected chi connectivity index (χ0v) is 17.3. The molecule has 9 heteroatoms. The van der Waals surface area contributed by atoms with E-state index >= 15 is 0 Å². The number of methoxy groups -OCH3 is 1. The fourth-order valence-electron chi connectivity index (χ4n) is 2.82. The Labute approximate surface area is 183 Å². The van der Waals surface area contributed by atoms with Gasteiger partial charge >= 0.3 is 6.03 Å². The molecule has 0 heterocycles. The fraction of sp³-hybridized carbons (Fsp3) is 0.0952. The average Bonchev–Trinajstić information content (AvgIpc) is 2.76. The number of para-hydroxylation sites is 1. The molecule has 0 aliphatic heterocycles. The van der Waals surface area contributed by atoms with Crippen LogP contribution in [0, 0.1) is 4.91 Å². The first-order valence-electron chi connectivity index (χ1n) is 8.75. The number of urea groups is 1. The van der Waals surface area contributed by atoms with E-state index in [0.29, 0.717) is 27.7 Å². The van der Waals surface area contributed by atoms with Gasteiger partial charge in [0.05, 0.1) is 29.7 Å². The predicted octanol–water partition coefficient (Wildman–Crippen LogP) is 6.02. The zero-order chi connectivity index (χ0) is 21.7. The Morgan fingerprint density at radius 3 is 2.30 bits per heavy atom. The Morgan fingerprint density at radius 1 is 1.03 bits per heavy atom. The molecule has 0 spiro atoms. The molecule has 2 amide bonds. The molecular formula is C21H17Cl2N3O4. The van der Waals surface area contributed by atoms with Crippen LogP contribution in [0.3, 0.4) is 0 Å². The molecule has 0 atom stereocenters. The number of aromatic hydroxyl groups is 1. The summed E-state index contributed by atoms with van der Waals surface area (Å²) in [5.74, 6) is 0.380. The molecule has 7 nitrogen and oxygen atoms in total. The van der Waals surface area contributed by atoms with Crippen LogP contribution in [0.5, 0.6) is 11.5 Å². The van der Waals surface area contributed by atoms with E-state index in [0.717, 1.165) is 5.01 Å². The second kappa shape index (κ2) is 9.47. The third kappa shape index (κ3) is 4.64. The van der Waals surface area contributed by atoms with Crippen molar-refractivity contribution in [3.05, 3.63) is 87.2 Å². The summed E-state index contributed by atoms with van der Waals surface area (Å²) in [6.07, 6.45) is 0. The minimum Gasteiger partial charge on any atom is -0.506 e. The number of benzene rings is 3. The number of ether oxygens (including phenoxy) is 1. The van der Waals surface area contributed by atoms with E-state index in [-0.39, 0.29) is 17.3 Å². The lowest BCUT2D eigenvalue weighted by Gasteiger charge is -2.27. The number of hydrogen-bond acceptors (Lipinski definition) is 5. The standard InChI is InChI=1S/C21H17Cl2N3O4/c1-30-18-9-7-16(8-10-18)25(13-14-11-15(22)12-19(23)20(14)27)21(28)26(24-29)17-5-3-2-4-6-17/h2-12,27H,13H2,1H3. The van der Waals surface area contributed by atoms with Gasteiger partial charge in [0.15, 0.2) is 0 Å². The van der Waals surface area contributed by atoms with Gasteiger partial charge in [-0.15, -0.1) is 9.92 Å². The maximum Gasteiger partial charge on any atom is 0.352 e. The van der Waals surface area contributed by atoms with Crippen molar-refractivity contribution in [3.63, 3.8) is 0 Å². The average molecular weight is 446 g/mol. The van der Waals surface area contributed by atoms with Crippen molar-refractivity contribution in [2.75, 3.05) is 17.0 Å². The Hall–Kier alpha value is -3.29. The van der Waals surface area contributed by atoms with Crippen LogP contribution in [0.1, 0.15) is 5.56 Å². The highest BCUT2D eigenvalue weighted by atomic mass is 35.5. The van der Waals surface area contributed by atoms with Crippen molar-refractivity contribution in [1.29, 1.82) is 0 Å². The van der Waals surface area contributed by atoms with Crippen molar-refractivity contribution >= 4 is 40.6 Å². The quantitative estimate of drug-likeness (QED) is 0.371. The fourth-order valence-corrected chi connectivity index (χ4v) is 3.35. The van der Waals surface area contributed by atoms with Crippen LogP contribution < -0.4 is 14.6 Å². The van der Waals surface area contributed by atoms with Gasteiger partial charge in [-0.2, -0.15) is 0 Å². The summed E-state index contributed by atoms with van der Waals surface area (Å²) in [6.45, 7) is -0.115. The van der Waals surface area contributed by atoms with Gasteiger partial charge in [-0.1, -0.05) is 41.4 Å². The van der Waals surface area contributed by atoms with Crippen LogP contribution in [0.2, 0.25) is 10.0 Å². The topological polar surface area (TPSA) is 82.4 Å². The molecule has 30 heavy (non-hydrogen) atoms. The molecule has 0 fully saturated rings. The maximum atomic E-state index is 13.3. The van der Waals surface area contributed by atoms with E-state index in [1.807, 2.05) is 0 Å². The number of phenols is 1. The number of amides is 2. The summed E-state index contributed by atoms with van der Waals surface area (Å²) in [6, 6.07) is 17.1. The number of carbonyl (C=O) groups is 1. The van der Waals surface area contributed by atoms with Crippen LogP contribution in [0.15, 0.2) is 72.0 Å². The van der Waals surface area contributed by atoms with E-state index in [2.05, 4.69) is 5.29 Å². The number of phenolic OH excluding ortho intramolecular Hbond substituents is 1. The van der Waals surface area contributed by atoms with Gasteiger partial charge in [-0.05, 0) is 48.5 Å². The highest BCUT2D eigenvalue weighted by Crippen LogP contribution is 2.34. The Morgan fingerprint density at radius 2 is 1.70 bits per heavy atom. The Kier molecular flexibility index (Phi) is 6.76. The highest BCUT2D eigenvalue weighted by molar-refractivity contribution is 6.35. The lowest BCUT2D eigenvalue weighted by molar-refractivity contribution is 0.251. The molecule has 0 aliphatic carbocycles. The molecule has 0 saturated heterocycles. The molecule has 0 aliphatic rings. The number of nitroso groups, excluding NO2 is 1. The SMILES string of the molecule is COc1ccc(N(Cc2cc(Cl)cc(Cl)c2O)C(=O)N(N=O)c2ccccc2)cc1. The van der Waals surface area contributed by atoms with Gasteiger partial charge in [0.25, 0.3) is 0 Å². The highest BCUT2D eigenvalue weighted by Gasteiger charge is 2.26. The largest absolute Gasteiger partial charge is 0.506 e. The second-order valence-electron chi connectivity index (χ2n) is 6.19. The van der Waals surface area contributed by atoms with E-state index in [4.69, 9.17) is 27.9 Å². The third-order valence-corrected chi connectivity index (χ3v) is 4.82. The Bertz CT molecular complexity index is 1050. The summed E-state index contributed by atoms with van der Waals surface area (Å²) < 4.78 is 5.16. The second-order valence-corrected chi connectivity index (χ2v) is 7.03. The van der Waals surface area contributed by atoms with Crippen molar-refractivity contribution in [2.24, 2.45) is 5.29 Å². The molecule has 3 aromatic carbocycles. The molecule has 154 valence electrons. The minimum absolute atomic E-state index is 0.0491. The molecule has 1 N–H and O–H groups in total. The summed E-state index contributed by atoms with van der Waals surface area (Å²) in [7, 11) is 1.53. The van der Waals surface area contributed by atoms with Crippen molar-refractivity contribution in [3.8, 4) is 11.5 Å². The van der Waals surface area contributed by atoms with Crippen LogP contribution in [0.4, 0.5) is 16.2 Å². The first-order chi connectivity index (χ1) is 14.4. The number of hydrogen-bond donors (Lipinski definition) is 1. The molecule has 0 bridgehead atoms. The van der Waals surface area contributed by atoms with Crippen LogP contribution in [-0.4, -0.2) is 18.2 Å². The minimum atomic E-state index is -0.725. The van der Waals surface area contributed by atoms with Crippen LogP contribution in [-0.2, 0) is 6.54 Å². The lowest BCUT2D eigenvalue weighted by Crippen LogP contribution is -2.40. The Balaban J connectivity index is 2.05. The van der Waals surface area contributed by atoms with Gasteiger partial charge in [0.2, 0.25) is 0 Å². The molecule has 0 unspecified atom stereocenters. The van der Waals surface area contributed by atoms with E-state index in [1.54, 1.807) is 54.6 Å². The van der Waals surface area contributed by atoms with Crippen molar-refractivity contribution in [1.82, 2.24) is 0 Å². The lowest BCUT2D eigenvalue weighted by atomic mass is 10.1. The molecule has 0 aromatic heterocycles. The number of nitrogens with zero attached hydrogens (tertiary/aromatic N) is 3. The maximum absolute atomic E-state index is 13.3. The van der Waals surface area contributed by atoms with Gasteiger partial charge in [0.1, 0.15) is 11.5 Å². The number of anilines is 2. The number of rotatable bonds is 6. The van der Waals surface area contributed by atoms with Crippen molar-refractivity contribution in [2.45, 2.75) is 6.54 Å². The van der Waals surface area contributed by atoms with Gasteiger partial charge in [-0.25, -0.2) is 4.79 Å². The smallest absolute Gasteiger partial charge is 0.352 e. The monoisotopic (exact) mass is 445 g/mol. The normalized spacial score (nSPS) is 10.4. The first kappa shape index (κ1) is 21.4. The zero-order valence-electron chi connectivity index (χ0n) is 15.8. The van der Waals surface area contributed by atoms with Gasteiger partial charge in [0, 0.05) is 16.3 Å². The predicted molar refractivity (Wildman–Crippen MR) is 117 cm³/mol. The third-order valence-electron chi connectivity index (χ3n) is 4.31. The number of halogens is 2. The number of carbonyl (C=O) groups excluding carboxylic acids is 1.